The first kappa shape index (κ1) is 17.0. The lowest BCUT2D eigenvalue weighted by Crippen LogP contribution is -2.40. The number of aryl methyl sites for hydroxylation is 2. The first-order chi connectivity index (χ1) is 11.0. The first-order valence-corrected chi connectivity index (χ1v) is 7.78. The minimum atomic E-state index is -0.242. The van der Waals surface area contributed by atoms with E-state index in [9.17, 15) is 4.79 Å². The number of carbonyl (C=O) groups is 1. The van der Waals surface area contributed by atoms with E-state index in [0.717, 1.165) is 22.6 Å². The molecule has 6 nitrogen and oxygen atoms in total. The van der Waals surface area contributed by atoms with Crippen molar-refractivity contribution in [1.29, 1.82) is 0 Å². The van der Waals surface area contributed by atoms with Crippen molar-refractivity contribution < 1.29 is 9.90 Å². The Morgan fingerprint density at radius 1 is 1.35 bits per heavy atom. The van der Waals surface area contributed by atoms with Gasteiger partial charge in [0.05, 0.1) is 11.4 Å². The van der Waals surface area contributed by atoms with Crippen LogP contribution in [0.2, 0.25) is 0 Å². The molecule has 0 bridgehead atoms. The zero-order valence-electron chi connectivity index (χ0n) is 13.8. The second kappa shape index (κ2) is 7.78. The molecule has 2 rings (SSSR count). The Labute approximate surface area is 136 Å². The number of nitrogens with zero attached hydrogens (tertiary/aromatic N) is 2. The minimum absolute atomic E-state index is 0.0577. The van der Waals surface area contributed by atoms with E-state index in [2.05, 4.69) is 15.7 Å². The third-order valence-corrected chi connectivity index (χ3v) is 3.61. The summed E-state index contributed by atoms with van der Waals surface area (Å²) in [6, 6.07) is 9.58. The highest BCUT2D eigenvalue weighted by molar-refractivity contribution is 5.74. The number of aliphatic hydroxyl groups excluding tert-OH is 1. The highest BCUT2D eigenvalue weighted by atomic mass is 16.3. The number of nitrogens with one attached hydrogen (secondary N) is 2. The van der Waals surface area contributed by atoms with Crippen molar-refractivity contribution in [2.24, 2.45) is 0 Å². The second-order valence-corrected chi connectivity index (χ2v) is 5.71. The molecular formula is C17H24N4O2. The molecule has 1 heterocycles. The summed E-state index contributed by atoms with van der Waals surface area (Å²) in [6.45, 7) is 6.29. The van der Waals surface area contributed by atoms with Gasteiger partial charge in [-0.1, -0.05) is 18.2 Å². The fourth-order valence-electron chi connectivity index (χ4n) is 2.46. The smallest absolute Gasteiger partial charge is 0.315 e. The van der Waals surface area contributed by atoms with Gasteiger partial charge in [0.2, 0.25) is 0 Å². The van der Waals surface area contributed by atoms with Crippen molar-refractivity contribution in [3.8, 4) is 5.69 Å². The van der Waals surface area contributed by atoms with E-state index in [1.165, 1.54) is 0 Å². The maximum atomic E-state index is 11.9. The highest BCUT2D eigenvalue weighted by Gasteiger charge is 2.10. The monoisotopic (exact) mass is 316 g/mol. The number of hydrogen-bond acceptors (Lipinski definition) is 3. The van der Waals surface area contributed by atoms with E-state index >= 15 is 0 Å². The lowest BCUT2D eigenvalue weighted by Gasteiger charge is -2.15. The quantitative estimate of drug-likeness (QED) is 0.763. The number of amides is 2. The summed E-state index contributed by atoms with van der Waals surface area (Å²) in [5.74, 6) is 0. The van der Waals surface area contributed by atoms with E-state index in [0.29, 0.717) is 13.0 Å². The third-order valence-electron chi connectivity index (χ3n) is 3.61. The van der Waals surface area contributed by atoms with Crippen molar-refractivity contribution in [3.63, 3.8) is 0 Å². The number of aliphatic hydroxyl groups is 1. The summed E-state index contributed by atoms with van der Waals surface area (Å²) < 4.78 is 1.89. The van der Waals surface area contributed by atoms with Gasteiger partial charge in [-0.25, -0.2) is 9.48 Å². The molecule has 3 N–H and O–H groups in total. The SMILES string of the molecule is Cc1cc(C)n(-c2ccccc2CNC(=O)N[C@H](C)CCO)n1. The zero-order valence-corrected chi connectivity index (χ0v) is 13.8. The summed E-state index contributed by atoms with van der Waals surface area (Å²) in [7, 11) is 0. The molecule has 2 amide bonds. The highest BCUT2D eigenvalue weighted by Crippen LogP contribution is 2.16. The van der Waals surface area contributed by atoms with Gasteiger partial charge in [0.15, 0.2) is 0 Å². The lowest BCUT2D eigenvalue weighted by molar-refractivity contribution is 0.230. The normalized spacial score (nSPS) is 12.0. The molecule has 2 aromatic rings. The van der Waals surface area contributed by atoms with Gasteiger partial charge in [0.1, 0.15) is 0 Å². The summed E-state index contributed by atoms with van der Waals surface area (Å²) in [5, 5.41) is 19.0. The molecule has 1 aromatic heterocycles. The van der Waals surface area contributed by atoms with Crippen LogP contribution >= 0.6 is 0 Å². The molecule has 124 valence electrons. The fraction of sp³-hybridized carbons (Fsp3) is 0.412. The van der Waals surface area contributed by atoms with E-state index in [1.807, 2.05) is 55.8 Å². The molecule has 0 aliphatic rings. The van der Waals surface area contributed by atoms with Crippen LogP contribution in [0, 0.1) is 13.8 Å². The van der Waals surface area contributed by atoms with Crippen molar-refractivity contribution in [2.45, 2.75) is 39.8 Å². The number of benzene rings is 1. The zero-order chi connectivity index (χ0) is 16.8. The van der Waals surface area contributed by atoms with Crippen LogP contribution in [0.4, 0.5) is 4.79 Å². The average Bonchev–Trinajstić information content (AvgIpc) is 2.84. The van der Waals surface area contributed by atoms with E-state index in [-0.39, 0.29) is 18.7 Å². The Morgan fingerprint density at radius 2 is 2.09 bits per heavy atom. The Morgan fingerprint density at radius 3 is 2.74 bits per heavy atom. The van der Waals surface area contributed by atoms with Gasteiger partial charge >= 0.3 is 6.03 Å². The number of aromatic nitrogens is 2. The summed E-state index contributed by atoms with van der Waals surface area (Å²) >= 11 is 0. The van der Waals surface area contributed by atoms with E-state index < -0.39 is 0 Å². The minimum Gasteiger partial charge on any atom is -0.396 e. The predicted octanol–water partition coefficient (Wildman–Crippen LogP) is 2.06. The molecule has 23 heavy (non-hydrogen) atoms. The van der Waals surface area contributed by atoms with Crippen LogP contribution in [0.15, 0.2) is 30.3 Å². The van der Waals surface area contributed by atoms with Gasteiger partial charge in [-0.2, -0.15) is 5.10 Å². The van der Waals surface area contributed by atoms with Crippen molar-refractivity contribution in [2.75, 3.05) is 6.61 Å². The Kier molecular flexibility index (Phi) is 5.76. The van der Waals surface area contributed by atoms with Gasteiger partial charge in [-0.15, -0.1) is 0 Å². The van der Waals surface area contributed by atoms with Gasteiger partial charge < -0.3 is 15.7 Å². The van der Waals surface area contributed by atoms with Gasteiger partial charge in [0, 0.05) is 24.9 Å². The van der Waals surface area contributed by atoms with Crippen LogP contribution < -0.4 is 10.6 Å². The third kappa shape index (κ3) is 4.56. The molecule has 0 saturated heterocycles. The molecule has 0 unspecified atom stereocenters. The molecule has 1 aromatic carbocycles. The van der Waals surface area contributed by atoms with Crippen LogP contribution in [-0.4, -0.2) is 33.6 Å². The summed E-state index contributed by atoms with van der Waals surface area (Å²) in [6.07, 6.45) is 0.537. The molecule has 6 heteroatoms. The molecule has 1 atom stereocenters. The number of urea groups is 1. The number of hydrogen-bond donors (Lipinski definition) is 3. The molecule has 0 radical (unpaired) electrons. The van der Waals surface area contributed by atoms with Crippen LogP contribution in [0.5, 0.6) is 0 Å². The lowest BCUT2D eigenvalue weighted by atomic mass is 10.1. The van der Waals surface area contributed by atoms with Crippen molar-refractivity contribution in [1.82, 2.24) is 20.4 Å². The van der Waals surface area contributed by atoms with Gasteiger partial charge in [0.25, 0.3) is 0 Å². The van der Waals surface area contributed by atoms with Crippen LogP contribution in [-0.2, 0) is 6.54 Å². The van der Waals surface area contributed by atoms with Gasteiger partial charge in [-0.05, 0) is 44.9 Å². The van der Waals surface area contributed by atoms with E-state index in [1.54, 1.807) is 0 Å². The summed E-state index contributed by atoms with van der Waals surface area (Å²) in [5.41, 5.74) is 3.96. The van der Waals surface area contributed by atoms with Gasteiger partial charge in [-0.3, -0.25) is 0 Å². The molecule has 0 spiro atoms. The second-order valence-electron chi connectivity index (χ2n) is 5.71. The molecule has 0 saturated carbocycles. The number of para-hydroxylation sites is 1. The van der Waals surface area contributed by atoms with Crippen LogP contribution in [0.25, 0.3) is 5.69 Å². The predicted molar refractivity (Wildman–Crippen MR) is 89.6 cm³/mol. The molecule has 0 fully saturated rings. The van der Waals surface area contributed by atoms with Crippen molar-refractivity contribution >= 4 is 6.03 Å². The standard InChI is InChI=1S/C17H24N4O2/c1-12(8-9-22)19-17(23)18-11-15-6-4-5-7-16(15)21-14(3)10-13(2)20-21/h4-7,10,12,22H,8-9,11H2,1-3H3,(H2,18,19,23)/t12-/m1/s1. The Hall–Kier alpha value is -2.34. The average molecular weight is 316 g/mol. The molecule has 0 aliphatic carbocycles. The maximum absolute atomic E-state index is 11.9. The summed E-state index contributed by atoms with van der Waals surface area (Å²) in [4.78, 5) is 11.9. The first-order valence-electron chi connectivity index (χ1n) is 7.78. The topological polar surface area (TPSA) is 79.2 Å². The van der Waals surface area contributed by atoms with Crippen molar-refractivity contribution in [3.05, 3.63) is 47.3 Å². The Balaban J connectivity index is 2.07. The number of carbonyl (C=O) groups excluding carboxylic acids is 1. The number of rotatable bonds is 6. The fourth-order valence-corrected chi connectivity index (χ4v) is 2.46. The molecular weight excluding hydrogens is 292 g/mol. The van der Waals surface area contributed by atoms with Crippen LogP contribution in [0.3, 0.4) is 0 Å². The maximum Gasteiger partial charge on any atom is 0.315 e. The van der Waals surface area contributed by atoms with E-state index in [4.69, 9.17) is 5.11 Å². The Bertz CT molecular complexity index is 666. The largest absolute Gasteiger partial charge is 0.396 e. The van der Waals surface area contributed by atoms with Crippen LogP contribution in [0.1, 0.15) is 30.3 Å². The molecule has 0 aliphatic heterocycles.